The van der Waals surface area contributed by atoms with Gasteiger partial charge >= 0.3 is 11.8 Å². The van der Waals surface area contributed by atoms with E-state index in [2.05, 4.69) is 5.32 Å². The van der Waals surface area contributed by atoms with Gasteiger partial charge in [-0.3, -0.25) is 14.4 Å². The highest BCUT2D eigenvalue weighted by Gasteiger charge is 2.27. The molecule has 0 saturated carbocycles. The Kier molecular flexibility index (Phi) is 4.87. The molecule has 1 heterocycles. The molecule has 0 radical (unpaired) electrons. The average molecular weight is 325 g/mol. The lowest BCUT2D eigenvalue weighted by molar-refractivity contribution is -0.145. The second kappa shape index (κ2) is 6.65. The van der Waals surface area contributed by atoms with Crippen molar-refractivity contribution in [1.82, 2.24) is 9.80 Å². The van der Waals surface area contributed by atoms with E-state index in [1.54, 1.807) is 11.0 Å². The third-order valence-electron chi connectivity index (χ3n) is 3.45. The van der Waals surface area contributed by atoms with E-state index in [1.165, 1.54) is 24.0 Å². The van der Waals surface area contributed by atoms with Gasteiger partial charge in [-0.2, -0.15) is 0 Å². The van der Waals surface area contributed by atoms with Gasteiger partial charge in [0.15, 0.2) is 0 Å². The molecule has 2 rings (SSSR count). The number of anilines is 2. The highest BCUT2D eigenvalue weighted by Crippen LogP contribution is 2.24. The Balaban J connectivity index is 1.95. The summed E-state index contributed by atoms with van der Waals surface area (Å²) in [5, 5.41) is 2.74. The molecule has 7 nitrogen and oxygen atoms in total. The Labute approximate surface area is 133 Å². The van der Waals surface area contributed by atoms with Gasteiger partial charge in [0, 0.05) is 38.8 Å². The molecule has 1 aliphatic rings. The molecule has 1 aromatic carbocycles. The summed E-state index contributed by atoms with van der Waals surface area (Å²) in [4.78, 5) is 38.4. The molecule has 0 unspecified atom stereocenters. The molecule has 22 heavy (non-hydrogen) atoms. The zero-order chi connectivity index (χ0) is 16.3. The summed E-state index contributed by atoms with van der Waals surface area (Å²) in [6, 6.07) is 4.61. The van der Waals surface area contributed by atoms with E-state index in [0.717, 1.165) is 0 Å². The largest absolute Gasteiger partial charge is 0.399 e. The number of halogens is 1. The van der Waals surface area contributed by atoms with Gasteiger partial charge in [0.05, 0.1) is 10.7 Å². The summed E-state index contributed by atoms with van der Waals surface area (Å²) in [6.45, 7) is 3.00. The Bertz CT molecular complexity index is 612. The first-order chi connectivity index (χ1) is 10.4. The van der Waals surface area contributed by atoms with Crippen LogP contribution in [0.1, 0.15) is 6.92 Å². The van der Waals surface area contributed by atoms with Gasteiger partial charge in [-0.05, 0) is 18.2 Å². The fourth-order valence-corrected chi connectivity index (χ4v) is 2.41. The second-order valence-electron chi connectivity index (χ2n) is 4.99. The van der Waals surface area contributed by atoms with Crippen LogP contribution >= 0.6 is 11.6 Å². The number of hydrogen-bond donors (Lipinski definition) is 2. The van der Waals surface area contributed by atoms with E-state index in [4.69, 9.17) is 17.3 Å². The van der Waals surface area contributed by atoms with Gasteiger partial charge in [0.25, 0.3) is 0 Å². The number of piperazine rings is 1. The van der Waals surface area contributed by atoms with Crippen molar-refractivity contribution in [2.75, 3.05) is 37.2 Å². The normalized spacial score (nSPS) is 14.6. The minimum atomic E-state index is -0.761. The number of amides is 3. The monoisotopic (exact) mass is 324 g/mol. The van der Waals surface area contributed by atoms with Crippen molar-refractivity contribution in [2.24, 2.45) is 0 Å². The fourth-order valence-electron chi connectivity index (χ4n) is 2.18. The first-order valence-corrected chi connectivity index (χ1v) is 7.17. The number of carbonyl (C=O) groups excluding carboxylic acids is 3. The van der Waals surface area contributed by atoms with Crippen LogP contribution in [0.15, 0.2) is 18.2 Å². The number of nitrogen functional groups attached to an aromatic ring is 1. The highest BCUT2D eigenvalue weighted by atomic mass is 35.5. The topological polar surface area (TPSA) is 95.7 Å². The van der Waals surface area contributed by atoms with Crippen molar-refractivity contribution >= 4 is 40.7 Å². The molecule has 8 heteroatoms. The van der Waals surface area contributed by atoms with Crippen molar-refractivity contribution in [3.8, 4) is 0 Å². The van der Waals surface area contributed by atoms with Gasteiger partial charge in [-0.25, -0.2) is 0 Å². The van der Waals surface area contributed by atoms with Crippen LogP contribution < -0.4 is 11.1 Å². The minimum Gasteiger partial charge on any atom is -0.399 e. The van der Waals surface area contributed by atoms with Crippen LogP contribution in [-0.2, 0) is 14.4 Å². The molecular formula is C14H17ClN4O3. The number of nitrogens with one attached hydrogen (secondary N) is 1. The van der Waals surface area contributed by atoms with E-state index < -0.39 is 11.8 Å². The quantitative estimate of drug-likeness (QED) is 0.582. The molecule has 0 bridgehead atoms. The maximum absolute atomic E-state index is 12.1. The highest BCUT2D eigenvalue weighted by molar-refractivity contribution is 6.41. The maximum Gasteiger partial charge on any atom is 0.313 e. The van der Waals surface area contributed by atoms with Crippen molar-refractivity contribution in [3.63, 3.8) is 0 Å². The van der Waals surface area contributed by atoms with Crippen LogP contribution in [0.25, 0.3) is 0 Å². The van der Waals surface area contributed by atoms with Gasteiger partial charge in [-0.15, -0.1) is 0 Å². The number of nitrogens with zero attached hydrogens (tertiary/aromatic N) is 2. The van der Waals surface area contributed by atoms with Gasteiger partial charge in [0.2, 0.25) is 5.91 Å². The van der Waals surface area contributed by atoms with Gasteiger partial charge in [-0.1, -0.05) is 11.6 Å². The minimum absolute atomic E-state index is 0.0368. The Morgan fingerprint density at radius 2 is 1.73 bits per heavy atom. The molecule has 1 fully saturated rings. The van der Waals surface area contributed by atoms with Crippen LogP contribution in [0.5, 0.6) is 0 Å². The Hall–Kier alpha value is -2.28. The van der Waals surface area contributed by atoms with Crippen molar-refractivity contribution in [2.45, 2.75) is 6.92 Å². The molecular weight excluding hydrogens is 308 g/mol. The average Bonchev–Trinajstić information content (AvgIpc) is 2.49. The SMILES string of the molecule is CC(=O)N1CCN(C(=O)C(=O)Nc2ccc(N)cc2Cl)CC1. The van der Waals surface area contributed by atoms with Gasteiger partial charge < -0.3 is 20.9 Å². The third-order valence-corrected chi connectivity index (χ3v) is 3.76. The van der Waals surface area contributed by atoms with Crippen molar-refractivity contribution in [3.05, 3.63) is 23.2 Å². The third kappa shape index (κ3) is 3.67. The van der Waals surface area contributed by atoms with Crippen LogP contribution in [0, 0.1) is 0 Å². The molecule has 0 aliphatic carbocycles. The Morgan fingerprint density at radius 3 is 2.27 bits per heavy atom. The maximum atomic E-state index is 12.1. The molecule has 0 spiro atoms. The smallest absolute Gasteiger partial charge is 0.313 e. The van der Waals surface area contributed by atoms with Crippen LogP contribution in [0.2, 0.25) is 5.02 Å². The van der Waals surface area contributed by atoms with Crippen LogP contribution in [-0.4, -0.2) is 53.7 Å². The van der Waals surface area contributed by atoms with E-state index in [1.807, 2.05) is 0 Å². The Morgan fingerprint density at radius 1 is 1.14 bits per heavy atom. The number of rotatable bonds is 1. The predicted molar refractivity (Wildman–Crippen MR) is 83.3 cm³/mol. The van der Waals surface area contributed by atoms with Gasteiger partial charge in [0.1, 0.15) is 0 Å². The van der Waals surface area contributed by atoms with E-state index in [-0.39, 0.29) is 10.9 Å². The summed E-state index contributed by atoms with van der Waals surface area (Å²) in [5.41, 5.74) is 6.37. The van der Waals surface area contributed by atoms with Crippen LogP contribution in [0.4, 0.5) is 11.4 Å². The summed E-state index contributed by atoms with van der Waals surface area (Å²) >= 11 is 5.95. The molecule has 3 amide bonds. The molecule has 3 N–H and O–H groups in total. The first kappa shape index (κ1) is 16.1. The second-order valence-corrected chi connectivity index (χ2v) is 5.40. The lowest BCUT2D eigenvalue weighted by Gasteiger charge is -2.33. The number of carbonyl (C=O) groups is 3. The lowest BCUT2D eigenvalue weighted by atomic mass is 10.2. The number of hydrogen-bond acceptors (Lipinski definition) is 4. The van der Waals surface area contributed by atoms with E-state index in [9.17, 15) is 14.4 Å². The van der Waals surface area contributed by atoms with Crippen molar-refractivity contribution in [1.29, 1.82) is 0 Å². The van der Waals surface area contributed by atoms with Crippen molar-refractivity contribution < 1.29 is 14.4 Å². The van der Waals surface area contributed by atoms with E-state index >= 15 is 0 Å². The molecule has 1 aliphatic heterocycles. The first-order valence-electron chi connectivity index (χ1n) is 6.79. The molecule has 1 aromatic rings. The lowest BCUT2D eigenvalue weighted by Crippen LogP contribution is -2.52. The molecule has 1 saturated heterocycles. The predicted octanol–water partition coefficient (Wildman–Crippen LogP) is 0.551. The summed E-state index contributed by atoms with van der Waals surface area (Å²) in [7, 11) is 0. The standard InChI is InChI=1S/C14H17ClN4O3/c1-9(20)18-4-6-19(7-5-18)14(22)13(21)17-12-3-2-10(16)8-11(12)15/h2-3,8H,4-7,16H2,1H3,(H,17,21). The molecule has 0 atom stereocenters. The summed E-state index contributed by atoms with van der Waals surface area (Å²) < 4.78 is 0. The molecule has 118 valence electrons. The van der Waals surface area contributed by atoms with E-state index in [0.29, 0.717) is 37.6 Å². The number of nitrogens with two attached hydrogens (primary N) is 1. The summed E-state index contributed by atoms with van der Waals surface area (Å²) in [5.74, 6) is -1.44. The number of benzene rings is 1. The summed E-state index contributed by atoms with van der Waals surface area (Å²) in [6.07, 6.45) is 0. The molecule has 0 aromatic heterocycles. The zero-order valence-corrected chi connectivity index (χ0v) is 12.9. The zero-order valence-electron chi connectivity index (χ0n) is 12.1. The fraction of sp³-hybridized carbons (Fsp3) is 0.357. The van der Waals surface area contributed by atoms with Crippen LogP contribution in [0.3, 0.4) is 0 Å².